The van der Waals surface area contributed by atoms with Crippen molar-refractivity contribution in [3.05, 3.63) is 47.5 Å². The highest BCUT2D eigenvalue weighted by Crippen LogP contribution is 2.17. The van der Waals surface area contributed by atoms with Crippen LogP contribution in [-0.4, -0.2) is 26.6 Å². The number of hydrogen-bond acceptors (Lipinski definition) is 3. The molecule has 0 aromatic heterocycles. The van der Waals surface area contributed by atoms with Gasteiger partial charge in [-0.3, -0.25) is 4.79 Å². The van der Waals surface area contributed by atoms with Gasteiger partial charge in [0.15, 0.2) is 0 Å². The zero-order valence-corrected chi connectivity index (χ0v) is 14.2. The average Bonchev–Trinajstić information content (AvgIpc) is 2.59. The molecule has 6 heteroatoms. The van der Waals surface area contributed by atoms with Gasteiger partial charge in [0.1, 0.15) is 0 Å². The molecule has 0 heterocycles. The molecule has 2 rings (SSSR count). The van der Waals surface area contributed by atoms with Crippen LogP contribution in [0.5, 0.6) is 0 Å². The van der Waals surface area contributed by atoms with Crippen LogP contribution in [0.15, 0.2) is 36.4 Å². The zero-order valence-electron chi connectivity index (χ0n) is 13.4. The molecule has 0 bridgehead atoms. The molecule has 1 aromatic carbocycles. The first-order valence-corrected chi connectivity index (χ1v) is 9.65. The Morgan fingerprint density at radius 1 is 1.22 bits per heavy atom. The van der Waals surface area contributed by atoms with Crippen molar-refractivity contribution in [2.24, 2.45) is 5.92 Å². The molecule has 0 spiro atoms. The summed E-state index contributed by atoms with van der Waals surface area (Å²) in [6, 6.07) is 7.00. The molecule has 0 saturated carbocycles. The smallest absolute Gasteiger partial charge is 0.251 e. The number of sulfonamides is 1. The van der Waals surface area contributed by atoms with Gasteiger partial charge in [0.2, 0.25) is 10.0 Å². The van der Waals surface area contributed by atoms with Crippen LogP contribution in [0.25, 0.3) is 0 Å². The molecule has 5 nitrogen and oxygen atoms in total. The van der Waals surface area contributed by atoms with Gasteiger partial charge in [0.05, 0.1) is 5.75 Å². The Bertz CT molecular complexity index is 651. The lowest BCUT2D eigenvalue weighted by atomic mass is 9.94. The van der Waals surface area contributed by atoms with Gasteiger partial charge in [-0.15, -0.1) is 0 Å². The first-order chi connectivity index (χ1) is 11.0. The van der Waals surface area contributed by atoms with Crippen LogP contribution in [0.3, 0.4) is 0 Å². The van der Waals surface area contributed by atoms with E-state index in [0.29, 0.717) is 18.0 Å². The molecule has 1 atom stereocenters. The van der Waals surface area contributed by atoms with Crippen LogP contribution in [0.4, 0.5) is 0 Å². The summed E-state index contributed by atoms with van der Waals surface area (Å²) in [5.41, 5.74) is 1.43. The summed E-state index contributed by atoms with van der Waals surface area (Å²) >= 11 is 0. The van der Waals surface area contributed by atoms with E-state index in [9.17, 15) is 13.2 Å². The predicted molar refractivity (Wildman–Crippen MR) is 91.6 cm³/mol. The molecule has 23 heavy (non-hydrogen) atoms. The average molecular weight is 336 g/mol. The van der Waals surface area contributed by atoms with E-state index in [2.05, 4.69) is 22.2 Å². The van der Waals surface area contributed by atoms with E-state index in [1.54, 1.807) is 31.2 Å². The number of nitrogens with one attached hydrogen (secondary N) is 2. The number of carbonyl (C=O) groups excluding carboxylic acids is 1. The number of carbonyl (C=O) groups is 1. The second-order valence-electron chi connectivity index (χ2n) is 5.78. The molecule has 1 amide bonds. The number of rotatable bonds is 7. The highest BCUT2D eigenvalue weighted by molar-refractivity contribution is 7.89. The van der Waals surface area contributed by atoms with Crippen LogP contribution in [0.2, 0.25) is 0 Å². The third kappa shape index (κ3) is 5.80. The summed E-state index contributed by atoms with van der Waals surface area (Å²) in [6.07, 6.45) is 7.59. The van der Waals surface area contributed by atoms with Crippen molar-refractivity contribution in [2.45, 2.75) is 32.7 Å². The Kier molecular flexibility index (Phi) is 6.36. The fraction of sp³-hybridized carbons (Fsp3) is 0.471. The molecule has 1 aliphatic rings. The maximum Gasteiger partial charge on any atom is 0.251 e. The lowest BCUT2D eigenvalue weighted by Crippen LogP contribution is -2.29. The molecule has 0 saturated heterocycles. The van der Waals surface area contributed by atoms with Crippen LogP contribution in [0.1, 0.15) is 42.1 Å². The minimum absolute atomic E-state index is 0.0594. The van der Waals surface area contributed by atoms with Crippen molar-refractivity contribution in [2.75, 3.05) is 12.3 Å². The van der Waals surface area contributed by atoms with E-state index in [1.807, 2.05) is 0 Å². The first kappa shape index (κ1) is 17.7. The van der Waals surface area contributed by atoms with Gasteiger partial charge in [-0.1, -0.05) is 24.3 Å². The molecule has 1 aliphatic carbocycles. The van der Waals surface area contributed by atoms with Crippen molar-refractivity contribution in [1.82, 2.24) is 10.0 Å². The minimum Gasteiger partial charge on any atom is -0.352 e. The van der Waals surface area contributed by atoms with Crippen LogP contribution < -0.4 is 10.0 Å². The van der Waals surface area contributed by atoms with E-state index < -0.39 is 10.0 Å². The maximum absolute atomic E-state index is 12.1. The van der Waals surface area contributed by atoms with Gasteiger partial charge in [-0.2, -0.15) is 0 Å². The summed E-state index contributed by atoms with van der Waals surface area (Å²) < 4.78 is 25.3. The molecule has 0 unspecified atom stereocenters. The zero-order chi connectivity index (χ0) is 16.7. The van der Waals surface area contributed by atoms with Gasteiger partial charge in [0, 0.05) is 18.7 Å². The van der Waals surface area contributed by atoms with E-state index in [4.69, 9.17) is 0 Å². The van der Waals surface area contributed by atoms with Gasteiger partial charge in [-0.25, -0.2) is 13.1 Å². The van der Waals surface area contributed by atoms with Crippen LogP contribution in [0, 0.1) is 5.92 Å². The van der Waals surface area contributed by atoms with Crippen LogP contribution in [-0.2, 0) is 16.6 Å². The Balaban J connectivity index is 1.83. The fourth-order valence-electron chi connectivity index (χ4n) is 2.45. The van der Waals surface area contributed by atoms with Gasteiger partial charge < -0.3 is 5.32 Å². The number of hydrogen-bond donors (Lipinski definition) is 2. The normalized spacial score (nSPS) is 17.9. The summed E-state index contributed by atoms with van der Waals surface area (Å²) in [5, 5.41) is 2.97. The second-order valence-corrected chi connectivity index (χ2v) is 7.88. The van der Waals surface area contributed by atoms with Crippen molar-refractivity contribution < 1.29 is 13.2 Å². The summed E-state index contributed by atoms with van der Waals surface area (Å²) in [4.78, 5) is 12.1. The van der Waals surface area contributed by atoms with Crippen LogP contribution >= 0.6 is 0 Å². The van der Waals surface area contributed by atoms with E-state index in [0.717, 1.165) is 24.8 Å². The van der Waals surface area contributed by atoms with Crippen molar-refractivity contribution in [3.8, 4) is 0 Å². The van der Waals surface area contributed by atoms with Crippen molar-refractivity contribution >= 4 is 15.9 Å². The fourth-order valence-corrected chi connectivity index (χ4v) is 3.04. The van der Waals surface area contributed by atoms with Crippen molar-refractivity contribution in [1.29, 1.82) is 0 Å². The van der Waals surface area contributed by atoms with E-state index >= 15 is 0 Å². The Morgan fingerprint density at radius 3 is 2.57 bits per heavy atom. The standard InChI is InChI=1S/C17H24N2O3S/c1-2-23(21,22)19-13-15-8-10-16(11-9-15)17(20)18-12-14-6-4-3-5-7-14/h3-4,8-11,14,19H,2,5-7,12-13H2,1H3,(H,18,20)/t14-/m0/s1. The minimum atomic E-state index is -3.20. The Hall–Kier alpha value is -1.66. The molecule has 2 N–H and O–H groups in total. The molecule has 0 radical (unpaired) electrons. The van der Waals surface area contributed by atoms with E-state index in [-0.39, 0.29) is 18.2 Å². The third-order valence-electron chi connectivity index (χ3n) is 4.02. The Morgan fingerprint density at radius 2 is 1.96 bits per heavy atom. The van der Waals surface area contributed by atoms with Gasteiger partial charge in [0.25, 0.3) is 5.91 Å². The number of allylic oxidation sites excluding steroid dienone is 2. The Labute approximate surface area is 138 Å². The molecule has 0 aliphatic heterocycles. The SMILES string of the molecule is CCS(=O)(=O)NCc1ccc(C(=O)NC[C@H]2CC=CCC2)cc1. The highest BCUT2D eigenvalue weighted by Gasteiger charge is 2.12. The molecule has 126 valence electrons. The predicted octanol–water partition coefficient (Wildman–Crippen LogP) is 2.21. The molecular formula is C17H24N2O3S. The lowest BCUT2D eigenvalue weighted by molar-refractivity contribution is 0.0946. The summed E-state index contributed by atoms with van der Waals surface area (Å²) in [5.74, 6) is 0.496. The number of benzene rings is 1. The number of amides is 1. The lowest BCUT2D eigenvalue weighted by Gasteiger charge is -2.18. The molecule has 0 fully saturated rings. The van der Waals surface area contributed by atoms with Gasteiger partial charge >= 0.3 is 0 Å². The first-order valence-electron chi connectivity index (χ1n) is 7.99. The third-order valence-corrected chi connectivity index (χ3v) is 5.37. The highest BCUT2D eigenvalue weighted by atomic mass is 32.2. The topological polar surface area (TPSA) is 75.3 Å². The quantitative estimate of drug-likeness (QED) is 0.750. The second kappa shape index (κ2) is 8.26. The largest absolute Gasteiger partial charge is 0.352 e. The molecular weight excluding hydrogens is 312 g/mol. The van der Waals surface area contributed by atoms with E-state index in [1.165, 1.54) is 0 Å². The van der Waals surface area contributed by atoms with Gasteiger partial charge in [-0.05, 0) is 49.8 Å². The summed E-state index contributed by atoms with van der Waals surface area (Å²) in [7, 11) is -3.20. The summed E-state index contributed by atoms with van der Waals surface area (Å²) in [6.45, 7) is 2.53. The monoisotopic (exact) mass is 336 g/mol. The van der Waals surface area contributed by atoms with Crippen molar-refractivity contribution in [3.63, 3.8) is 0 Å². The molecule has 1 aromatic rings. The maximum atomic E-state index is 12.1.